The van der Waals surface area contributed by atoms with Crippen LogP contribution in [-0.2, 0) is 16.8 Å². The molecule has 1 aromatic rings. The molecule has 1 atom stereocenters. The molecule has 1 rings (SSSR count). The van der Waals surface area contributed by atoms with Gasteiger partial charge in [-0.05, 0) is 39.8 Å². The van der Waals surface area contributed by atoms with Gasteiger partial charge in [-0.1, -0.05) is 39.7 Å². The van der Waals surface area contributed by atoms with Crippen LogP contribution in [0, 0.1) is 6.42 Å². The summed E-state index contributed by atoms with van der Waals surface area (Å²) in [4.78, 5) is 3.78. The van der Waals surface area contributed by atoms with Gasteiger partial charge in [0.2, 0.25) is 0 Å². The molecule has 11 heteroatoms. The van der Waals surface area contributed by atoms with Gasteiger partial charge in [-0.3, -0.25) is 4.98 Å². The predicted octanol–water partition coefficient (Wildman–Crippen LogP) is 3.04. The summed E-state index contributed by atoms with van der Waals surface area (Å²) in [5, 5.41) is 51.6. The van der Waals surface area contributed by atoms with E-state index in [9.17, 15) is 0 Å². The summed E-state index contributed by atoms with van der Waals surface area (Å²) in [5.74, 6) is 0. The van der Waals surface area contributed by atoms with Gasteiger partial charge in [0.25, 0.3) is 0 Å². The first-order valence-electron chi connectivity index (χ1n) is 7.79. The van der Waals surface area contributed by atoms with Gasteiger partial charge in [0, 0.05) is 29.2 Å². The van der Waals surface area contributed by atoms with Crippen LogP contribution in [0.5, 0.6) is 0 Å². The van der Waals surface area contributed by atoms with Gasteiger partial charge in [0.05, 0.1) is 0 Å². The number of hydrogen-bond acceptors (Lipinski definition) is 10. The number of aromatic nitrogens is 1. The van der Waals surface area contributed by atoms with Crippen molar-refractivity contribution in [2.45, 2.75) is 47.6 Å². The Bertz CT molecular complexity index is 488. The summed E-state index contributed by atoms with van der Waals surface area (Å²) in [6, 6.07) is 5.72. The minimum absolute atomic E-state index is 0. The fourth-order valence-corrected chi connectivity index (χ4v) is 0.602. The molecule has 1 heterocycles. The molecule has 28 heavy (non-hydrogen) atoms. The van der Waals surface area contributed by atoms with Crippen LogP contribution in [0.25, 0.3) is 0 Å². The van der Waals surface area contributed by atoms with Gasteiger partial charge < -0.3 is 32.4 Å². The third-order valence-electron chi connectivity index (χ3n) is 2.70. The van der Waals surface area contributed by atoms with E-state index >= 15 is 0 Å². The fraction of sp³-hybridized carbons (Fsp3) is 0.412. The van der Waals surface area contributed by atoms with Crippen molar-refractivity contribution in [3.63, 3.8) is 0 Å². The maximum Gasteiger partial charge on any atom is 0.101 e. The van der Waals surface area contributed by atoms with Gasteiger partial charge in [0.1, 0.15) is 22.8 Å². The molecule has 0 aliphatic heterocycles. The molecule has 0 aliphatic carbocycles. The van der Waals surface area contributed by atoms with Crippen molar-refractivity contribution in [2.24, 2.45) is 20.6 Å². The van der Waals surface area contributed by atoms with E-state index in [1.54, 1.807) is 25.7 Å². The normalized spacial score (nSPS) is 12.5. The van der Waals surface area contributed by atoms with Gasteiger partial charge in [-0.25, -0.2) is 0 Å². The molecule has 0 aromatic carbocycles. The second kappa shape index (κ2) is 24.5. The van der Waals surface area contributed by atoms with E-state index in [2.05, 4.69) is 25.6 Å². The van der Waals surface area contributed by atoms with E-state index in [0.717, 1.165) is 0 Å². The van der Waals surface area contributed by atoms with Crippen LogP contribution >= 0.6 is 0 Å². The first kappa shape index (κ1) is 33.1. The minimum atomic E-state index is -0.241. The van der Waals surface area contributed by atoms with Gasteiger partial charge >= 0.3 is 0 Å². The van der Waals surface area contributed by atoms with Gasteiger partial charge in [0.15, 0.2) is 0 Å². The van der Waals surface area contributed by atoms with Crippen molar-refractivity contribution in [2.75, 3.05) is 0 Å². The average Bonchev–Trinajstić information content (AvgIpc) is 2.73. The molecule has 0 bridgehead atoms. The zero-order chi connectivity index (χ0) is 21.7. The molecule has 0 fully saturated rings. The van der Waals surface area contributed by atoms with E-state index in [4.69, 9.17) is 25.9 Å². The molecule has 0 aliphatic rings. The number of hydrogen-bond donors (Lipinski definition) is 5. The van der Waals surface area contributed by atoms with Crippen LogP contribution in [-0.4, -0.2) is 59.9 Å². The molecule has 1 unspecified atom stereocenters. The zero-order valence-electron chi connectivity index (χ0n) is 16.8. The molecule has 0 saturated heterocycles. The molecule has 1 radical (unpaired) electrons. The molecule has 0 spiro atoms. The SMILES string of the molecule is CC(=N\O)/C(C)=N/O.CC(=N\O)/C(C)=N/O.C[CH-]C(C)O.[Co].c1ccncc1. The van der Waals surface area contributed by atoms with E-state index in [1.807, 2.05) is 25.1 Å². The first-order chi connectivity index (χ1) is 12.7. The van der Waals surface area contributed by atoms with Gasteiger partial charge in [-0.15, -0.1) is 0 Å². The van der Waals surface area contributed by atoms with Crippen LogP contribution < -0.4 is 0 Å². The molecule has 0 saturated carbocycles. The van der Waals surface area contributed by atoms with E-state index in [-0.39, 0.29) is 22.9 Å². The van der Waals surface area contributed by atoms with E-state index in [0.29, 0.717) is 22.8 Å². The number of pyridine rings is 1. The van der Waals surface area contributed by atoms with Crippen LogP contribution in [0.1, 0.15) is 41.5 Å². The van der Waals surface area contributed by atoms with Crippen LogP contribution in [0.3, 0.4) is 0 Å². The van der Waals surface area contributed by atoms with Crippen LogP contribution in [0.15, 0.2) is 51.2 Å². The Hall–Kier alpha value is -2.50. The van der Waals surface area contributed by atoms with Crippen molar-refractivity contribution in [3.8, 4) is 0 Å². The summed E-state index contributed by atoms with van der Waals surface area (Å²) in [7, 11) is 0. The molecule has 1 aromatic heterocycles. The molecule has 163 valence electrons. The smallest absolute Gasteiger partial charge is 0.101 e. The summed E-state index contributed by atoms with van der Waals surface area (Å²) in [6.07, 6.45) is 4.98. The monoisotopic (exact) mass is 443 g/mol. The summed E-state index contributed by atoms with van der Waals surface area (Å²) in [6.45, 7) is 9.69. The molecule has 0 amide bonds. The maximum atomic E-state index is 8.31. The maximum absolute atomic E-state index is 8.31. The van der Waals surface area contributed by atoms with Crippen molar-refractivity contribution >= 4 is 22.8 Å². The molecule has 10 nitrogen and oxygen atoms in total. The third-order valence-corrected chi connectivity index (χ3v) is 2.70. The number of oxime groups is 4. The Kier molecular flexibility index (Phi) is 29.0. The Morgan fingerprint density at radius 1 is 0.750 bits per heavy atom. The minimum Gasteiger partial charge on any atom is -0.425 e. The third kappa shape index (κ3) is 25.7. The molecular formula is C17H30CoN5O5-. The van der Waals surface area contributed by atoms with Crippen molar-refractivity contribution in [3.05, 3.63) is 37.0 Å². The van der Waals surface area contributed by atoms with Crippen LogP contribution in [0.2, 0.25) is 0 Å². The summed E-state index contributed by atoms with van der Waals surface area (Å²) < 4.78 is 0. The van der Waals surface area contributed by atoms with Crippen LogP contribution in [0.4, 0.5) is 0 Å². The first-order valence-corrected chi connectivity index (χ1v) is 7.79. The molecular weight excluding hydrogens is 413 g/mol. The number of aliphatic hydroxyl groups excluding tert-OH is 1. The zero-order valence-corrected chi connectivity index (χ0v) is 17.9. The van der Waals surface area contributed by atoms with E-state index in [1.165, 1.54) is 27.7 Å². The molecule has 5 N–H and O–H groups in total. The fourth-order valence-electron chi connectivity index (χ4n) is 0.602. The van der Waals surface area contributed by atoms with E-state index < -0.39 is 0 Å². The van der Waals surface area contributed by atoms with Crippen molar-refractivity contribution in [1.82, 2.24) is 4.98 Å². The predicted molar refractivity (Wildman–Crippen MR) is 105 cm³/mol. The Labute approximate surface area is 176 Å². The summed E-state index contributed by atoms with van der Waals surface area (Å²) in [5.41, 5.74) is 1.25. The summed E-state index contributed by atoms with van der Waals surface area (Å²) >= 11 is 0. The largest absolute Gasteiger partial charge is 0.425 e. The topological polar surface area (TPSA) is 163 Å². The van der Waals surface area contributed by atoms with Crippen molar-refractivity contribution < 1.29 is 42.7 Å². The van der Waals surface area contributed by atoms with Crippen molar-refractivity contribution in [1.29, 1.82) is 0 Å². The Balaban J connectivity index is -0.000000138. The Morgan fingerprint density at radius 2 is 1.00 bits per heavy atom. The number of nitrogens with zero attached hydrogens (tertiary/aromatic N) is 5. The second-order valence-corrected chi connectivity index (χ2v) is 4.84. The average molecular weight is 443 g/mol. The quantitative estimate of drug-likeness (QED) is 0.209. The number of rotatable bonds is 3. The second-order valence-electron chi connectivity index (χ2n) is 4.84. The Morgan fingerprint density at radius 3 is 1.07 bits per heavy atom. The number of aliphatic hydroxyl groups is 1. The standard InChI is InChI=1S/C5H5N.2C4H8N2O2.C4H9O.Co/c1-2-4-6-5-3-1;2*1-3(5-7)4(2)6-8;1-3-4(2)5;/h1-5H;2*7-8H,1-2H3;3-5H,1-2H3;/q;;;-1;/b;2*5-3+,6-4+;;. The van der Waals surface area contributed by atoms with Gasteiger partial charge in [-0.2, -0.15) is 6.92 Å².